The molecule has 2 atom stereocenters. The third kappa shape index (κ3) is 30.3. The molecule has 0 heterocycles. The summed E-state index contributed by atoms with van der Waals surface area (Å²) in [5, 5.41) is 22.9. The molecule has 0 spiro atoms. The number of aliphatic hydroxyl groups is 2. The SMILES string of the molecule is CCCCCC/C=C\CCCCCCCCCC(=O)NC(CO)C(O)/C=C/CCCCCCCCCCCCCCC. The van der Waals surface area contributed by atoms with Crippen LogP contribution < -0.4 is 5.32 Å². The maximum absolute atomic E-state index is 12.3. The summed E-state index contributed by atoms with van der Waals surface area (Å²) in [5.74, 6) is -0.0699. The van der Waals surface area contributed by atoms with Gasteiger partial charge in [0, 0.05) is 6.42 Å². The number of carbonyl (C=O) groups excluding carboxylic acids is 1. The highest BCUT2D eigenvalue weighted by molar-refractivity contribution is 5.76. The fourth-order valence-corrected chi connectivity index (χ4v) is 5.52. The molecule has 0 radical (unpaired) electrons. The van der Waals surface area contributed by atoms with Gasteiger partial charge in [-0.15, -0.1) is 0 Å². The molecule has 1 amide bonds. The molecule has 0 aromatic rings. The summed E-state index contributed by atoms with van der Waals surface area (Å²) in [4.78, 5) is 12.3. The fraction of sp³-hybridized carbons (Fsp3) is 0.868. The molecule has 4 heteroatoms. The van der Waals surface area contributed by atoms with Crippen molar-refractivity contribution in [2.45, 2.75) is 206 Å². The van der Waals surface area contributed by atoms with Crippen molar-refractivity contribution in [3.05, 3.63) is 24.3 Å². The standard InChI is InChI=1S/C38H73NO3/c1-3-5-7-9-11-13-15-17-19-21-23-25-27-29-31-33-37(41)36(35-40)39-38(42)34-32-30-28-26-24-22-20-18-16-14-12-10-8-6-4-2/h14,16,31,33,36-37,40-41H,3-13,15,17-30,32,34-35H2,1-2H3,(H,39,42)/b16-14-,33-31+. The number of hydrogen-bond acceptors (Lipinski definition) is 3. The van der Waals surface area contributed by atoms with Crippen LogP contribution in [0.4, 0.5) is 0 Å². The van der Waals surface area contributed by atoms with Crippen molar-refractivity contribution in [3.8, 4) is 0 Å². The normalized spacial score (nSPS) is 13.3. The Balaban J connectivity index is 3.62. The van der Waals surface area contributed by atoms with Crippen molar-refractivity contribution in [3.63, 3.8) is 0 Å². The van der Waals surface area contributed by atoms with Crippen LogP contribution in [0.15, 0.2) is 24.3 Å². The van der Waals surface area contributed by atoms with Gasteiger partial charge in [-0.25, -0.2) is 0 Å². The van der Waals surface area contributed by atoms with E-state index in [1.807, 2.05) is 6.08 Å². The molecule has 4 nitrogen and oxygen atoms in total. The molecule has 0 saturated carbocycles. The van der Waals surface area contributed by atoms with Gasteiger partial charge in [0.1, 0.15) is 0 Å². The van der Waals surface area contributed by atoms with E-state index in [9.17, 15) is 15.0 Å². The maximum atomic E-state index is 12.3. The Morgan fingerprint density at radius 1 is 0.548 bits per heavy atom. The second-order valence-electron chi connectivity index (χ2n) is 12.6. The molecule has 0 aliphatic heterocycles. The predicted octanol–water partition coefficient (Wildman–Crippen LogP) is 10.9. The Labute approximate surface area is 262 Å². The lowest BCUT2D eigenvalue weighted by Gasteiger charge is -2.20. The number of hydrogen-bond donors (Lipinski definition) is 3. The van der Waals surface area contributed by atoms with Crippen molar-refractivity contribution < 1.29 is 15.0 Å². The van der Waals surface area contributed by atoms with E-state index >= 15 is 0 Å². The summed E-state index contributed by atoms with van der Waals surface area (Å²) in [6.45, 7) is 4.28. The first-order valence-electron chi connectivity index (χ1n) is 18.6. The number of allylic oxidation sites excluding steroid dienone is 3. The lowest BCUT2D eigenvalue weighted by Crippen LogP contribution is -2.45. The number of amides is 1. The average molecular weight is 592 g/mol. The lowest BCUT2D eigenvalue weighted by atomic mass is 10.0. The zero-order chi connectivity index (χ0) is 30.8. The van der Waals surface area contributed by atoms with E-state index in [1.165, 1.54) is 148 Å². The average Bonchev–Trinajstić information content (AvgIpc) is 2.99. The molecule has 248 valence electrons. The topological polar surface area (TPSA) is 69.6 Å². The van der Waals surface area contributed by atoms with Crippen LogP contribution in [0, 0.1) is 0 Å². The molecule has 0 aliphatic rings. The summed E-state index contributed by atoms with van der Waals surface area (Å²) >= 11 is 0. The molecule has 0 saturated heterocycles. The van der Waals surface area contributed by atoms with Crippen molar-refractivity contribution in [1.82, 2.24) is 5.32 Å². The van der Waals surface area contributed by atoms with Gasteiger partial charge in [-0.3, -0.25) is 4.79 Å². The van der Waals surface area contributed by atoms with Crippen LogP contribution in [-0.4, -0.2) is 34.9 Å². The van der Waals surface area contributed by atoms with E-state index in [0.29, 0.717) is 6.42 Å². The minimum absolute atomic E-state index is 0.0699. The third-order valence-corrected chi connectivity index (χ3v) is 8.43. The molecule has 0 aliphatic carbocycles. The monoisotopic (exact) mass is 592 g/mol. The van der Waals surface area contributed by atoms with Crippen LogP contribution in [0.5, 0.6) is 0 Å². The van der Waals surface area contributed by atoms with Crippen molar-refractivity contribution in [2.24, 2.45) is 0 Å². The second-order valence-corrected chi connectivity index (χ2v) is 12.6. The van der Waals surface area contributed by atoms with E-state index in [0.717, 1.165) is 25.7 Å². The first-order valence-corrected chi connectivity index (χ1v) is 18.6. The quantitative estimate of drug-likeness (QED) is 0.0525. The van der Waals surface area contributed by atoms with E-state index in [4.69, 9.17) is 0 Å². The van der Waals surface area contributed by atoms with Gasteiger partial charge >= 0.3 is 0 Å². The van der Waals surface area contributed by atoms with Gasteiger partial charge in [0.2, 0.25) is 5.91 Å². The van der Waals surface area contributed by atoms with Crippen LogP contribution in [-0.2, 0) is 4.79 Å². The minimum Gasteiger partial charge on any atom is -0.394 e. The van der Waals surface area contributed by atoms with Crippen LogP contribution in [0.3, 0.4) is 0 Å². The number of rotatable bonds is 33. The Bertz CT molecular complexity index is 603. The van der Waals surface area contributed by atoms with Gasteiger partial charge in [-0.1, -0.05) is 167 Å². The summed E-state index contributed by atoms with van der Waals surface area (Å²) < 4.78 is 0. The summed E-state index contributed by atoms with van der Waals surface area (Å²) in [5.41, 5.74) is 0. The fourth-order valence-electron chi connectivity index (χ4n) is 5.52. The van der Waals surface area contributed by atoms with Gasteiger partial charge in [0.05, 0.1) is 18.8 Å². The molecular formula is C38H73NO3. The molecule has 42 heavy (non-hydrogen) atoms. The lowest BCUT2D eigenvalue weighted by molar-refractivity contribution is -0.123. The van der Waals surface area contributed by atoms with Crippen molar-refractivity contribution in [1.29, 1.82) is 0 Å². The number of aliphatic hydroxyl groups excluding tert-OH is 2. The van der Waals surface area contributed by atoms with Crippen LogP contribution >= 0.6 is 0 Å². The van der Waals surface area contributed by atoms with Crippen molar-refractivity contribution >= 4 is 5.91 Å². The Kier molecular flexibility index (Phi) is 33.4. The van der Waals surface area contributed by atoms with Gasteiger partial charge in [-0.2, -0.15) is 0 Å². The number of nitrogens with one attached hydrogen (secondary N) is 1. The third-order valence-electron chi connectivity index (χ3n) is 8.43. The van der Waals surface area contributed by atoms with Crippen LogP contribution in [0.1, 0.15) is 194 Å². The van der Waals surface area contributed by atoms with Crippen LogP contribution in [0.2, 0.25) is 0 Å². The smallest absolute Gasteiger partial charge is 0.220 e. The highest BCUT2D eigenvalue weighted by Gasteiger charge is 2.17. The summed E-state index contributed by atoms with van der Waals surface area (Å²) in [6, 6.07) is -0.620. The molecule has 3 N–H and O–H groups in total. The van der Waals surface area contributed by atoms with Crippen LogP contribution in [0.25, 0.3) is 0 Å². The molecule has 0 fully saturated rings. The van der Waals surface area contributed by atoms with Gasteiger partial charge < -0.3 is 15.5 Å². The first-order chi connectivity index (χ1) is 20.7. The zero-order valence-corrected chi connectivity index (χ0v) is 28.3. The molecule has 0 aromatic carbocycles. The highest BCUT2D eigenvalue weighted by Crippen LogP contribution is 2.14. The Morgan fingerprint density at radius 3 is 1.33 bits per heavy atom. The summed E-state index contributed by atoms with van der Waals surface area (Å²) in [6.07, 6.45) is 42.6. The number of carbonyl (C=O) groups is 1. The van der Waals surface area contributed by atoms with E-state index < -0.39 is 12.1 Å². The second kappa shape index (κ2) is 34.4. The molecule has 0 bridgehead atoms. The van der Waals surface area contributed by atoms with Gasteiger partial charge in [-0.05, 0) is 44.9 Å². The molecule has 0 aromatic heterocycles. The highest BCUT2D eigenvalue weighted by atomic mass is 16.3. The largest absolute Gasteiger partial charge is 0.394 e. The van der Waals surface area contributed by atoms with E-state index in [1.54, 1.807) is 6.08 Å². The first kappa shape index (κ1) is 40.9. The zero-order valence-electron chi connectivity index (χ0n) is 28.3. The van der Waals surface area contributed by atoms with E-state index in [-0.39, 0.29) is 12.5 Å². The Hall–Kier alpha value is -1.13. The Morgan fingerprint density at radius 2 is 0.905 bits per heavy atom. The maximum Gasteiger partial charge on any atom is 0.220 e. The van der Waals surface area contributed by atoms with Gasteiger partial charge in [0.25, 0.3) is 0 Å². The van der Waals surface area contributed by atoms with Gasteiger partial charge in [0.15, 0.2) is 0 Å². The predicted molar refractivity (Wildman–Crippen MR) is 184 cm³/mol. The van der Waals surface area contributed by atoms with E-state index in [2.05, 4.69) is 31.3 Å². The molecule has 0 rings (SSSR count). The molecule has 2 unspecified atom stereocenters. The molecular weight excluding hydrogens is 518 g/mol. The minimum atomic E-state index is -0.836. The van der Waals surface area contributed by atoms with Crippen molar-refractivity contribution in [2.75, 3.05) is 6.61 Å². The number of unbranched alkanes of at least 4 members (excludes halogenated alkanes) is 24. The summed E-state index contributed by atoms with van der Waals surface area (Å²) in [7, 11) is 0.